The van der Waals surface area contributed by atoms with Gasteiger partial charge in [-0.05, 0) is 17.5 Å². The Hall–Kier alpha value is -2.73. The van der Waals surface area contributed by atoms with Crippen molar-refractivity contribution in [1.82, 2.24) is 10.6 Å². The van der Waals surface area contributed by atoms with E-state index in [1.54, 1.807) is 0 Å². The monoisotopic (exact) mass is 278 g/mol. The van der Waals surface area contributed by atoms with Crippen LogP contribution >= 0.6 is 0 Å². The molecule has 0 aromatic heterocycles. The van der Waals surface area contributed by atoms with Crippen molar-refractivity contribution in [3.05, 3.63) is 71.8 Å². The van der Waals surface area contributed by atoms with Gasteiger partial charge in [0, 0.05) is 0 Å². The number of amides is 2. The van der Waals surface area contributed by atoms with E-state index in [4.69, 9.17) is 6.42 Å². The van der Waals surface area contributed by atoms with Crippen LogP contribution in [0.25, 0.3) is 0 Å². The van der Waals surface area contributed by atoms with Gasteiger partial charge >= 0.3 is 6.03 Å². The van der Waals surface area contributed by atoms with E-state index in [2.05, 4.69) is 28.7 Å². The molecule has 1 atom stereocenters. The van der Waals surface area contributed by atoms with E-state index in [0.717, 1.165) is 12.0 Å². The molecule has 0 saturated heterocycles. The van der Waals surface area contributed by atoms with Gasteiger partial charge in [-0.1, -0.05) is 66.6 Å². The minimum atomic E-state index is -0.252. The molecule has 0 aliphatic rings. The smallest absolute Gasteiger partial charge is 0.316 e. The van der Waals surface area contributed by atoms with Gasteiger partial charge in [0.2, 0.25) is 0 Å². The van der Waals surface area contributed by atoms with Gasteiger partial charge in [0.15, 0.2) is 0 Å². The zero-order chi connectivity index (χ0) is 14.9. The summed E-state index contributed by atoms with van der Waals surface area (Å²) in [7, 11) is 0. The minimum absolute atomic E-state index is 0.0913. The summed E-state index contributed by atoms with van der Waals surface area (Å²) in [5.41, 5.74) is 2.24. The summed E-state index contributed by atoms with van der Waals surface area (Å²) in [5, 5.41) is 5.60. The molecular weight excluding hydrogens is 260 g/mol. The van der Waals surface area contributed by atoms with Crippen LogP contribution in [-0.4, -0.2) is 12.6 Å². The molecular formula is C18H18N2O. The summed E-state index contributed by atoms with van der Waals surface area (Å²) >= 11 is 0. The zero-order valence-electron chi connectivity index (χ0n) is 11.8. The second-order valence-corrected chi connectivity index (χ2v) is 4.68. The molecule has 0 aliphatic heterocycles. The zero-order valence-corrected chi connectivity index (χ0v) is 11.8. The molecule has 1 unspecified atom stereocenters. The largest absolute Gasteiger partial charge is 0.331 e. The summed E-state index contributed by atoms with van der Waals surface area (Å²) in [5.74, 6) is 2.39. The predicted octanol–water partition coefficient (Wildman–Crippen LogP) is 2.90. The number of carbonyl (C=O) groups excluding carboxylic acids is 1. The molecule has 2 amide bonds. The first kappa shape index (κ1) is 14.7. The summed E-state index contributed by atoms with van der Waals surface area (Å²) in [4.78, 5) is 11.9. The standard InChI is InChI=1S/C18H18N2O/c1-2-13-19-18(21)20-17(16-11-7-4-8-12-16)14-15-9-5-3-6-10-15/h1,3-12,17H,13-14H2,(H2,19,20,21). The number of benzene rings is 2. The lowest BCUT2D eigenvalue weighted by atomic mass is 9.99. The van der Waals surface area contributed by atoms with Crippen molar-refractivity contribution in [2.45, 2.75) is 12.5 Å². The highest BCUT2D eigenvalue weighted by molar-refractivity contribution is 5.74. The van der Waals surface area contributed by atoms with Crippen LogP contribution in [-0.2, 0) is 6.42 Å². The summed E-state index contributed by atoms with van der Waals surface area (Å²) in [6, 6.07) is 19.6. The lowest BCUT2D eigenvalue weighted by molar-refractivity contribution is 0.238. The molecule has 2 aromatic rings. The third-order valence-corrected chi connectivity index (χ3v) is 3.14. The van der Waals surface area contributed by atoms with Crippen LogP contribution in [0, 0.1) is 12.3 Å². The van der Waals surface area contributed by atoms with Gasteiger partial charge in [-0.3, -0.25) is 0 Å². The topological polar surface area (TPSA) is 41.1 Å². The van der Waals surface area contributed by atoms with Crippen molar-refractivity contribution in [3.63, 3.8) is 0 Å². The first-order valence-electron chi connectivity index (χ1n) is 6.86. The number of hydrogen-bond donors (Lipinski definition) is 2. The van der Waals surface area contributed by atoms with Crippen molar-refractivity contribution in [3.8, 4) is 12.3 Å². The molecule has 0 radical (unpaired) electrons. The Morgan fingerprint density at radius 2 is 1.67 bits per heavy atom. The maximum Gasteiger partial charge on any atom is 0.316 e. The van der Waals surface area contributed by atoms with Crippen LogP contribution in [0.3, 0.4) is 0 Å². The molecule has 3 nitrogen and oxygen atoms in total. The Labute approximate surface area is 125 Å². The molecule has 0 saturated carbocycles. The predicted molar refractivity (Wildman–Crippen MR) is 84.7 cm³/mol. The first-order valence-corrected chi connectivity index (χ1v) is 6.86. The van der Waals surface area contributed by atoms with Crippen molar-refractivity contribution >= 4 is 6.03 Å². The average Bonchev–Trinajstić information content (AvgIpc) is 2.54. The van der Waals surface area contributed by atoms with Gasteiger partial charge in [-0.15, -0.1) is 6.42 Å². The van der Waals surface area contributed by atoms with Crippen LogP contribution in [0.4, 0.5) is 4.79 Å². The molecule has 106 valence electrons. The minimum Gasteiger partial charge on any atom is -0.331 e. The van der Waals surface area contributed by atoms with Crippen molar-refractivity contribution < 1.29 is 4.79 Å². The third-order valence-electron chi connectivity index (χ3n) is 3.14. The summed E-state index contributed by atoms with van der Waals surface area (Å²) < 4.78 is 0. The third kappa shape index (κ3) is 4.70. The molecule has 0 fully saturated rings. The van der Waals surface area contributed by atoms with Gasteiger partial charge < -0.3 is 10.6 Å². The van der Waals surface area contributed by atoms with Crippen molar-refractivity contribution in [1.29, 1.82) is 0 Å². The molecule has 0 aliphatic carbocycles. The second kappa shape index (κ2) is 7.76. The van der Waals surface area contributed by atoms with Crippen molar-refractivity contribution in [2.75, 3.05) is 6.54 Å². The molecule has 3 heteroatoms. The van der Waals surface area contributed by atoms with E-state index in [1.165, 1.54) is 5.56 Å². The Morgan fingerprint density at radius 1 is 1.05 bits per heavy atom. The highest BCUT2D eigenvalue weighted by atomic mass is 16.2. The molecule has 0 bridgehead atoms. The Morgan fingerprint density at radius 3 is 2.29 bits per heavy atom. The van der Waals surface area contributed by atoms with E-state index >= 15 is 0 Å². The van der Waals surface area contributed by atoms with Gasteiger partial charge in [-0.25, -0.2) is 4.79 Å². The van der Waals surface area contributed by atoms with Gasteiger partial charge in [0.25, 0.3) is 0 Å². The molecule has 21 heavy (non-hydrogen) atoms. The number of urea groups is 1. The fourth-order valence-electron chi connectivity index (χ4n) is 2.13. The normalized spacial score (nSPS) is 11.2. The van der Waals surface area contributed by atoms with E-state index in [1.807, 2.05) is 48.5 Å². The van der Waals surface area contributed by atoms with E-state index in [0.29, 0.717) is 0 Å². The van der Waals surface area contributed by atoms with Crippen molar-refractivity contribution in [2.24, 2.45) is 0 Å². The Balaban J connectivity index is 2.11. The van der Waals surface area contributed by atoms with E-state index in [9.17, 15) is 4.79 Å². The number of rotatable bonds is 5. The molecule has 0 spiro atoms. The maximum absolute atomic E-state index is 11.9. The van der Waals surface area contributed by atoms with Gasteiger partial charge in [0.1, 0.15) is 0 Å². The van der Waals surface area contributed by atoms with Crippen LogP contribution in [0.15, 0.2) is 60.7 Å². The first-order chi connectivity index (χ1) is 10.3. The Bertz CT molecular complexity index is 602. The van der Waals surface area contributed by atoms with Gasteiger partial charge in [0.05, 0.1) is 12.6 Å². The highest BCUT2D eigenvalue weighted by Gasteiger charge is 2.14. The fraction of sp³-hybridized carbons (Fsp3) is 0.167. The Kier molecular flexibility index (Phi) is 5.42. The van der Waals surface area contributed by atoms with E-state index in [-0.39, 0.29) is 18.6 Å². The molecule has 0 heterocycles. The summed E-state index contributed by atoms with van der Waals surface area (Å²) in [6.07, 6.45) is 5.88. The number of terminal acetylenes is 1. The number of carbonyl (C=O) groups is 1. The molecule has 2 aromatic carbocycles. The van der Waals surface area contributed by atoms with Gasteiger partial charge in [-0.2, -0.15) is 0 Å². The van der Waals surface area contributed by atoms with Crippen LogP contribution in [0.1, 0.15) is 17.2 Å². The van der Waals surface area contributed by atoms with E-state index < -0.39 is 0 Å². The number of nitrogens with one attached hydrogen (secondary N) is 2. The fourth-order valence-corrected chi connectivity index (χ4v) is 2.13. The molecule has 2 N–H and O–H groups in total. The van der Waals surface area contributed by atoms with Crippen LogP contribution < -0.4 is 10.6 Å². The SMILES string of the molecule is C#CCNC(=O)NC(Cc1ccccc1)c1ccccc1. The highest BCUT2D eigenvalue weighted by Crippen LogP contribution is 2.18. The summed E-state index contributed by atoms with van der Waals surface area (Å²) in [6.45, 7) is 0.221. The second-order valence-electron chi connectivity index (χ2n) is 4.68. The quantitative estimate of drug-likeness (QED) is 0.811. The maximum atomic E-state index is 11.9. The molecule has 2 rings (SSSR count). The lowest BCUT2D eigenvalue weighted by Crippen LogP contribution is -2.38. The van der Waals surface area contributed by atoms with Crippen LogP contribution in [0.5, 0.6) is 0 Å². The van der Waals surface area contributed by atoms with Crippen LogP contribution in [0.2, 0.25) is 0 Å². The average molecular weight is 278 g/mol. The lowest BCUT2D eigenvalue weighted by Gasteiger charge is -2.19. The number of hydrogen-bond acceptors (Lipinski definition) is 1.